The average molecular weight is 556 g/mol. The molecule has 0 radical (unpaired) electrons. The number of amides is 1. The number of aryl methyl sites for hydroxylation is 1. The molecule has 39 heavy (non-hydrogen) atoms. The highest BCUT2D eigenvalue weighted by atomic mass is 32.2. The first-order chi connectivity index (χ1) is 18.5. The van der Waals surface area contributed by atoms with Crippen molar-refractivity contribution < 1.29 is 26.4 Å². The van der Waals surface area contributed by atoms with Crippen molar-refractivity contribution in [1.29, 1.82) is 0 Å². The zero-order chi connectivity index (χ0) is 27.9. The maximum Gasteiger partial charge on any atom is 0.449 e. The van der Waals surface area contributed by atoms with Gasteiger partial charge in [0.25, 0.3) is 5.91 Å². The summed E-state index contributed by atoms with van der Waals surface area (Å²) in [7, 11) is -1.60. The van der Waals surface area contributed by atoms with Crippen molar-refractivity contribution in [3.8, 4) is 0 Å². The molecular formula is C27H24F3N5O3S. The van der Waals surface area contributed by atoms with E-state index in [4.69, 9.17) is 0 Å². The van der Waals surface area contributed by atoms with Crippen LogP contribution in [0, 0.1) is 0 Å². The van der Waals surface area contributed by atoms with Gasteiger partial charge in [0.2, 0.25) is 5.82 Å². The fourth-order valence-electron chi connectivity index (χ4n) is 4.53. The molecule has 0 saturated carbocycles. The number of para-hydroxylation sites is 1. The third kappa shape index (κ3) is 5.11. The van der Waals surface area contributed by atoms with Crippen LogP contribution >= 0.6 is 0 Å². The molecule has 2 aromatic heterocycles. The first kappa shape index (κ1) is 26.4. The minimum Gasteiger partial charge on any atom is -0.348 e. The van der Waals surface area contributed by atoms with Gasteiger partial charge in [-0.25, -0.2) is 13.4 Å². The molecule has 0 atom stereocenters. The predicted octanol–water partition coefficient (Wildman–Crippen LogP) is 4.71. The lowest BCUT2D eigenvalue weighted by Gasteiger charge is -2.13. The van der Waals surface area contributed by atoms with Gasteiger partial charge in [-0.1, -0.05) is 37.3 Å². The van der Waals surface area contributed by atoms with Crippen molar-refractivity contribution in [3.05, 3.63) is 89.4 Å². The Morgan fingerprint density at radius 2 is 1.79 bits per heavy atom. The number of nitrogens with zero attached hydrogens (tertiary/aromatic N) is 4. The Hall–Kier alpha value is -4.19. The summed E-state index contributed by atoms with van der Waals surface area (Å²) in [5, 5.41) is 7.73. The zero-order valence-electron chi connectivity index (χ0n) is 21.0. The molecule has 0 aliphatic heterocycles. The number of rotatable bonds is 7. The quantitative estimate of drug-likeness (QED) is 0.314. The number of benzene rings is 3. The molecule has 2 heterocycles. The van der Waals surface area contributed by atoms with Gasteiger partial charge in [-0.05, 0) is 41.5 Å². The van der Waals surface area contributed by atoms with Crippen LogP contribution in [0.15, 0.2) is 71.8 Å². The third-order valence-corrected chi connectivity index (χ3v) is 8.30. The van der Waals surface area contributed by atoms with Crippen molar-refractivity contribution in [2.45, 2.75) is 31.1 Å². The average Bonchev–Trinajstić information content (AvgIpc) is 3.48. The summed E-state index contributed by atoms with van der Waals surface area (Å²) in [6.07, 6.45) is -3.05. The summed E-state index contributed by atoms with van der Waals surface area (Å²) in [6.45, 7) is 1.58. The van der Waals surface area contributed by atoms with Gasteiger partial charge in [-0.2, -0.15) is 18.3 Å². The first-order valence-corrected chi connectivity index (χ1v) is 13.7. The number of carbonyl (C=O) groups is 1. The van der Waals surface area contributed by atoms with Crippen molar-refractivity contribution in [3.63, 3.8) is 0 Å². The maximum atomic E-state index is 14.0. The number of imidazole rings is 1. The largest absolute Gasteiger partial charge is 0.449 e. The molecule has 0 saturated heterocycles. The van der Waals surface area contributed by atoms with E-state index in [1.807, 2.05) is 6.07 Å². The van der Waals surface area contributed by atoms with E-state index >= 15 is 0 Å². The lowest BCUT2D eigenvalue weighted by Crippen LogP contribution is -2.22. The van der Waals surface area contributed by atoms with E-state index in [9.17, 15) is 26.4 Å². The molecular weight excluding hydrogens is 531 g/mol. The summed E-state index contributed by atoms with van der Waals surface area (Å²) in [4.78, 5) is 16.8. The van der Waals surface area contributed by atoms with Crippen LogP contribution in [-0.4, -0.2) is 39.4 Å². The van der Waals surface area contributed by atoms with Gasteiger partial charge in [0, 0.05) is 24.5 Å². The van der Waals surface area contributed by atoms with E-state index in [0.29, 0.717) is 11.1 Å². The van der Waals surface area contributed by atoms with Crippen LogP contribution in [0.1, 0.15) is 34.2 Å². The number of aromatic nitrogens is 4. The van der Waals surface area contributed by atoms with Crippen molar-refractivity contribution in [1.82, 2.24) is 24.6 Å². The van der Waals surface area contributed by atoms with E-state index in [1.54, 1.807) is 49.1 Å². The molecule has 0 aliphatic carbocycles. The zero-order valence-corrected chi connectivity index (χ0v) is 21.8. The van der Waals surface area contributed by atoms with Crippen molar-refractivity contribution in [2.75, 3.05) is 5.75 Å². The summed E-state index contributed by atoms with van der Waals surface area (Å²) in [6, 6.07) is 15.8. The number of sulfone groups is 1. The van der Waals surface area contributed by atoms with Crippen LogP contribution in [0.3, 0.4) is 0 Å². The Morgan fingerprint density at radius 3 is 2.49 bits per heavy atom. The van der Waals surface area contributed by atoms with E-state index in [1.165, 1.54) is 30.3 Å². The normalized spacial score (nSPS) is 12.3. The van der Waals surface area contributed by atoms with Crippen LogP contribution in [0.4, 0.5) is 13.2 Å². The smallest absolute Gasteiger partial charge is 0.348 e. The monoisotopic (exact) mass is 555 g/mol. The van der Waals surface area contributed by atoms with Crippen LogP contribution < -0.4 is 5.32 Å². The van der Waals surface area contributed by atoms with Crippen LogP contribution in [0.25, 0.3) is 21.9 Å². The molecule has 5 aromatic rings. The van der Waals surface area contributed by atoms with Crippen LogP contribution in [-0.2, 0) is 36.2 Å². The van der Waals surface area contributed by atoms with Gasteiger partial charge in [0.05, 0.1) is 39.9 Å². The molecule has 0 fully saturated rings. The fraction of sp³-hybridized carbons (Fsp3) is 0.222. The number of hydrogen-bond acceptors (Lipinski definition) is 5. The summed E-state index contributed by atoms with van der Waals surface area (Å²) in [5.41, 5.74) is 2.49. The van der Waals surface area contributed by atoms with Gasteiger partial charge in [-0.3, -0.25) is 9.48 Å². The molecule has 8 nitrogen and oxygen atoms in total. The second-order valence-corrected chi connectivity index (χ2v) is 11.4. The van der Waals surface area contributed by atoms with Gasteiger partial charge in [-0.15, -0.1) is 0 Å². The van der Waals surface area contributed by atoms with Gasteiger partial charge in [0.15, 0.2) is 9.84 Å². The number of carbonyl (C=O) groups excluding carboxylic acids is 1. The van der Waals surface area contributed by atoms with Crippen LogP contribution in [0.2, 0.25) is 0 Å². The van der Waals surface area contributed by atoms with Gasteiger partial charge >= 0.3 is 6.18 Å². The van der Waals surface area contributed by atoms with Crippen molar-refractivity contribution in [2.24, 2.45) is 7.05 Å². The number of hydrogen-bond donors (Lipinski definition) is 1. The summed E-state index contributed by atoms with van der Waals surface area (Å²) in [5.74, 6) is -1.57. The highest BCUT2D eigenvalue weighted by Crippen LogP contribution is 2.33. The van der Waals surface area contributed by atoms with E-state index in [0.717, 1.165) is 15.5 Å². The Kier molecular flexibility index (Phi) is 6.67. The minimum absolute atomic E-state index is 0.0175. The lowest BCUT2D eigenvalue weighted by atomic mass is 10.1. The molecule has 3 aromatic carbocycles. The molecule has 12 heteroatoms. The standard InChI is InChI=1S/C27H24F3N5O3S/c1-3-39(37,38)21-10-7-17(8-11-21)14-31-25(36)18-9-12-23-22(13-18)33-26(27(28,29)30)35(23)16-20-6-4-5-19-15-32-34(2)24(19)20/h4-13,15H,3,14,16H2,1-2H3,(H,31,36). The second kappa shape index (κ2) is 9.84. The molecule has 202 valence electrons. The Labute approximate surface area is 222 Å². The van der Waals surface area contributed by atoms with Gasteiger partial charge < -0.3 is 9.88 Å². The molecule has 5 rings (SSSR count). The molecule has 0 bridgehead atoms. The molecule has 1 amide bonds. The molecule has 1 N–H and O–H groups in total. The first-order valence-electron chi connectivity index (χ1n) is 12.0. The Morgan fingerprint density at radius 1 is 1.05 bits per heavy atom. The predicted molar refractivity (Wildman–Crippen MR) is 140 cm³/mol. The highest BCUT2D eigenvalue weighted by molar-refractivity contribution is 7.91. The third-order valence-electron chi connectivity index (χ3n) is 6.55. The number of halogens is 3. The fourth-order valence-corrected chi connectivity index (χ4v) is 5.41. The second-order valence-electron chi connectivity index (χ2n) is 9.08. The number of fused-ring (bicyclic) bond motifs is 2. The summed E-state index contributed by atoms with van der Waals surface area (Å²) >= 11 is 0. The summed E-state index contributed by atoms with van der Waals surface area (Å²) < 4.78 is 68.7. The highest BCUT2D eigenvalue weighted by Gasteiger charge is 2.38. The minimum atomic E-state index is -4.71. The van der Waals surface area contributed by atoms with Crippen molar-refractivity contribution >= 4 is 37.7 Å². The topological polar surface area (TPSA) is 98.9 Å². The molecule has 0 aliphatic rings. The van der Waals surface area contributed by atoms with E-state index in [2.05, 4.69) is 15.4 Å². The Balaban J connectivity index is 1.42. The van der Waals surface area contributed by atoms with Crippen LogP contribution in [0.5, 0.6) is 0 Å². The molecule has 0 unspecified atom stereocenters. The van der Waals surface area contributed by atoms with E-state index in [-0.39, 0.29) is 40.3 Å². The number of alkyl halides is 3. The van der Waals surface area contributed by atoms with E-state index < -0.39 is 27.7 Å². The Bertz CT molecular complexity index is 1810. The lowest BCUT2D eigenvalue weighted by molar-refractivity contribution is -0.146. The molecule has 0 spiro atoms. The SMILES string of the molecule is CCS(=O)(=O)c1ccc(CNC(=O)c2ccc3c(c2)nc(C(F)(F)F)n3Cc2cccc3cnn(C)c23)cc1. The maximum absolute atomic E-state index is 14.0. The number of nitrogens with one attached hydrogen (secondary N) is 1. The van der Waals surface area contributed by atoms with Gasteiger partial charge in [0.1, 0.15) is 0 Å².